The van der Waals surface area contributed by atoms with Crippen molar-refractivity contribution in [2.75, 3.05) is 7.05 Å². The van der Waals surface area contributed by atoms with Gasteiger partial charge in [-0.2, -0.15) is 0 Å². The Hall–Kier alpha value is -1.82. The van der Waals surface area contributed by atoms with E-state index in [0.29, 0.717) is 0 Å². The zero-order valence-electron chi connectivity index (χ0n) is 14.2. The Balaban J connectivity index is 2.78. The molecule has 0 unspecified atom stereocenters. The van der Waals surface area contributed by atoms with E-state index >= 15 is 0 Å². The summed E-state index contributed by atoms with van der Waals surface area (Å²) in [5.41, 5.74) is 1.20. The van der Waals surface area contributed by atoms with Crippen molar-refractivity contribution in [3.8, 4) is 0 Å². The number of ether oxygens (including phenoxy) is 1. The Labute approximate surface area is 146 Å². The zero-order valence-corrected chi connectivity index (χ0v) is 15.8. The summed E-state index contributed by atoms with van der Waals surface area (Å²) in [6, 6.07) is 7.56. The lowest BCUT2D eigenvalue weighted by Gasteiger charge is -2.20. The first kappa shape index (κ1) is 19.2. The molecule has 0 heterocycles. The maximum Gasteiger partial charge on any atom is 0.408 e. The fourth-order valence-corrected chi connectivity index (χ4v) is 2.20. The van der Waals surface area contributed by atoms with Gasteiger partial charge in [-0.1, -0.05) is 34.1 Å². The van der Waals surface area contributed by atoms with Crippen LogP contribution in [0.15, 0.2) is 39.9 Å². The number of hydrogen-bond acceptors (Lipinski definition) is 4. The van der Waals surface area contributed by atoms with Crippen LogP contribution >= 0.6 is 15.9 Å². The van der Waals surface area contributed by atoms with Gasteiger partial charge in [0.15, 0.2) is 0 Å². The average Bonchev–Trinajstić information content (AvgIpc) is 2.42. The fraction of sp³-hybridized carbons (Fsp3) is 0.412. The second-order valence-corrected chi connectivity index (χ2v) is 6.87. The first-order valence-corrected chi connectivity index (χ1v) is 8.18. The number of benzene rings is 1. The molecule has 0 aliphatic carbocycles. The van der Waals surface area contributed by atoms with Crippen LogP contribution in [0.3, 0.4) is 0 Å². The number of aliphatic imine (C=N–C) groups is 1. The van der Waals surface area contributed by atoms with Gasteiger partial charge in [-0.3, -0.25) is 4.99 Å². The van der Waals surface area contributed by atoms with E-state index in [1.807, 2.05) is 59.0 Å². The highest BCUT2D eigenvalue weighted by atomic mass is 79.9. The molecule has 23 heavy (non-hydrogen) atoms. The maximum absolute atomic E-state index is 11.7. The predicted molar refractivity (Wildman–Crippen MR) is 98.5 cm³/mol. The molecule has 6 heteroatoms. The van der Waals surface area contributed by atoms with Crippen LogP contribution in [0.5, 0.6) is 0 Å². The van der Waals surface area contributed by atoms with Crippen molar-refractivity contribution in [3.63, 3.8) is 0 Å². The minimum atomic E-state index is -0.521. The van der Waals surface area contributed by atoms with Crippen molar-refractivity contribution in [1.29, 1.82) is 0 Å². The van der Waals surface area contributed by atoms with Gasteiger partial charge in [0.2, 0.25) is 0 Å². The van der Waals surface area contributed by atoms with Gasteiger partial charge >= 0.3 is 6.09 Å². The largest absolute Gasteiger partial charge is 0.444 e. The molecule has 1 aromatic carbocycles. The second kappa shape index (κ2) is 8.72. The molecule has 0 aliphatic rings. The van der Waals surface area contributed by atoms with E-state index in [0.717, 1.165) is 15.7 Å². The summed E-state index contributed by atoms with van der Waals surface area (Å²) in [7, 11) is 1.81. The summed E-state index contributed by atoms with van der Waals surface area (Å²) in [5, 5.41) is 5.71. The molecule has 2 N–H and O–H groups in total. The summed E-state index contributed by atoms with van der Waals surface area (Å²) in [5.74, 6) is 0. The summed E-state index contributed by atoms with van der Waals surface area (Å²) in [4.78, 5) is 16.2. The lowest BCUT2D eigenvalue weighted by molar-refractivity contribution is 0.0522. The van der Waals surface area contributed by atoms with Crippen molar-refractivity contribution in [2.45, 2.75) is 39.3 Å². The van der Waals surface area contributed by atoms with Gasteiger partial charge in [-0.15, -0.1) is 0 Å². The van der Waals surface area contributed by atoms with Crippen LogP contribution in [0.25, 0.3) is 5.70 Å². The first-order valence-electron chi connectivity index (χ1n) is 7.39. The molecule has 1 atom stereocenters. The molecular weight excluding hydrogens is 358 g/mol. The van der Waals surface area contributed by atoms with Crippen LogP contribution < -0.4 is 10.6 Å². The van der Waals surface area contributed by atoms with Crippen LogP contribution in [0, 0.1) is 0 Å². The monoisotopic (exact) mass is 381 g/mol. The highest BCUT2D eigenvalue weighted by Crippen LogP contribution is 2.24. The molecule has 0 fully saturated rings. The van der Waals surface area contributed by atoms with E-state index in [9.17, 15) is 4.79 Å². The van der Waals surface area contributed by atoms with Crippen molar-refractivity contribution in [1.82, 2.24) is 10.6 Å². The van der Waals surface area contributed by atoms with Gasteiger partial charge in [0.05, 0.1) is 11.7 Å². The molecule has 1 amide bonds. The van der Waals surface area contributed by atoms with Gasteiger partial charge in [-0.25, -0.2) is 4.79 Å². The van der Waals surface area contributed by atoms with E-state index in [4.69, 9.17) is 4.74 Å². The Morgan fingerprint density at radius 2 is 2.00 bits per heavy atom. The standard InChI is InChI=1S/C17H24BrN3O2/c1-12(21-16(22)23-17(2,3)4)10-20-15(11-19-5)13-8-6-7-9-14(13)18/h6-12,19H,1-5H3,(H,21,22)/b15-11-,20-10+/t12-/m0/s1. The highest BCUT2D eigenvalue weighted by molar-refractivity contribution is 9.10. The number of hydrogen-bond donors (Lipinski definition) is 2. The Kier molecular flexibility index (Phi) is 7.29. The van der Waals surface area contributed by atoms with Crippen molar-refractivity contribution in [2.24, 2.45) is 4.99 Å². The van der Waals surface area contributed by atoms with Gasteiger partial charge in [-0.05, 0) is 33.8 Å². The summed E-state index contributed by atoms with van der Waals surface area (Å²) in [6.07, 6.45) is 3.01. The van der Waals surface area contributed by atoms with Gasteiger partial charge in [0, 0.05) is 29.5 Å². The molecule has 1 aromatic rings. The van der Waals surface area contributed by atoms with Gasteiger partial charge in [0.1, 0.15) is 5.60 Å². The Morgan fingerprint density at radius 1 is 1.35 bits per heavy atom. The third-order valence-corrected chi connectivity index (χ3v) is 3.30. The lowest BCUT2D eigenvalue weighted by atomic mass is 10.2. The number of carbonyl (C=O) groups is 1. The van der Waals surface area contributed by atoms with Crippen molar-refractivity contribution >= 4 is 33.9 Å². The molecule has 0 aromatic heterocycles. The second-order valence-electron chi connectivity index (χ2n) is 6.01. The third-order valence-electron chi connectivity index (χ3n) is 2.61. The number of rotatable bonds is 5. The van der Waals surface area contributed by atoms with E-state index in [1.54, 1.807) is 12.4 Å². The molecule has 1 rings (SSSR count). The zero-order chi connectivity index (χ0) is 17.5. The molecule has 126 valence electrons. The van der Waals surface area contributed by atoms with Crippen LogP contribution in [0.1, 0.15) is 33.3 Å². The van der Waals surface area contributed by atoms with E-state index in [-0.39, 0.29) is 6.04 Å². The predicted octanol–water partition coefficient (Wildman–Crippen LogP) is 3.95. The van der Waals surface area contributed by atoms with Crippen LogP contribution in [0.4, 0.5) is 4.79 Å². The maximum atomic E-state index is 11.7. The van der Waals surface area contributed by atoms with Crippen LogP contribution in [-0.2, 0) is 4.74 Å². The van der Waals surface area contributed by atoms with Crippen molar-refractivity contribution in [3.05, 3.63) is 40.5 Å². The van der Waals surface area contributed by atoms with Gasteiger partial charge in [0.25, 0.3) is 0 Å². The summed E-state index contributed by atoms with van der Waals surface area (Å²) >= 11 is 3.52. The number of halogens is 1. The number of alkyl carbamates (subject to hydrolysis) is 1. The molecule has 5 nitrogen and oxygen atoms in total. The van der Waals surface area contributed by atoms with E-state index < -0.39 is 11.7 Å². The number of amides is 1. The molecule has 0 aliphatic heterocycles. The number of nitrogens with zero attached hydrogens (tertiary/aromatic N) is 1. The Bertz CT molecular complexity index is 592. The van der Waals surface area contributed by atoms with Crippen LogP contribution in [0.2, 0.25) is 0 Å². The minimum Gasteiger partial charge on any atom is -0.444 e. The quantitative estimate of drug-likeness (QED) is 0.758. The smallest absolute Gasteiger partial charge is 0.408 e. The first-order chi connectivity index (χ1) is 10.7. The Morgan fingerprint density at radius 3 is 2.57 bits per heavy atom. The number of carbonyl (C=O) groups excluding carboxylic acids is 1. The third kappa shape index (κ3) is 7.32. The molecule has 0 bridgehead atoms. The fourth-order valence-electron chi connectivity index (χ4n) is 1.71. The summed E-state index contributed by atoms with van der Waals surface area (Å²) < 4.78 is 6.17. The lowest BCUT2D eigenvalue weighted by Crippen LogP contribution is -2.38. The topological polar surface area (TPSA) is 62.7 Å². The van der Waals surface area contributed by atoms with E-state index in [2.05, 4.69) is 31.6 Å². The molecule has 0 saturated heterocycles. The minimum absolute atomic E-state index is 0.257. The number of nitrogens with one attached hydrogen (secondary N) is 2. The van der Waals surface area contributed by atoms with Crippen molar-refractivity contribution < 1.29 is 9.53 Å². The molecule has 0 spiro atoms. The van der Waals surface area contributed by atoms with E-state index in [1.165, 1.54) is 0 Å². The normalized spacial score (nSPS) is 13.7. The molecular formula is C17H24BrN3O2. The van der Waals surface area contributed by atoms with Gasteiger partial charge < -0.3 is 15.4 Å². The molecule has 0 saturated carbocycles. The SMILES string of the molecule is CN/C=C(\N=C\[C@H](C)NC(=O)OC(C)(C)C)c1ccccc1Br. The summed E-state index contributed by atoms with van der Waals surface area (Å²) in [6.45, 7) is 7.31. The van der Waals surface area contributed by atoms with Crippen LogP contribution in [-0.4, -0.2) is 31.0 Å². The highest BCUT2D eigenvalue weighted by Gasteiger charge is 2.17. The average molecular weight is 382 g/mol. The molecule has 0 radical (unpaired) electrons.